The molecule has 0 fully saturated rings. The molecule has 0 amide bonds. The molecule has 5 nitrogen and oxygen atoms in total. The van der Waals surface area contributed by atoms with E-state index in [4.69, 9.17) is 13.9 Å². The summed E-state index contributed by atoms with van der Waals surface area (Å²) in [5, 5.41) is 22.5. The standard InChI is InChI=1S/C30H44O5/c1-3-5-7-9-11-13-15-17-33-29-21-27-23(19-25(29)31)24-20-26(32)30(22-28(24)35-27)34-18-16-14-12-10-8-6-4-2/h19-22,31-32H,3-18H2,1-2H3. The van der Waals surface area contributed by atoms with E-state index in [1.807, 2.05) is 0 Å². The Bertz CT molecular complexity index is 942. The van der Waals surface area contributed by atoms with Crippen LogP contribution in [0.4, 0.5) is 0 Å². The van der Waals surface area contributed by atoms with Crippen LogP contribution in [0.2, 0.25) is 0 Å². The van der Waals surface area contributed by atoms with E-state index >= 15 is 0 Å². The number of hydrogen-bond donors (Lipinski definition) is 2. The van der Waals surface area contributed by atoms with E-state index in [0.29, 0.717) is 35.9 Å². The first-order chi connectivity index (χ1) is 17.1. The van der Waals surface area contributed by atoms with E-state index in [1.165, 1.54) is 64.2 Å². The molecule has 2 aromatic carbocycles. The minimum absolute atomic E-state index is 0.0851. The van der Waals surface area contributed by atoms with Crippen LogP contribution in [-0.2, 0) is 0 Å². The third kappa shape index (κ3) is 8.26. The van der Waals surface area contributed by atoms with Crippen molar-refractivity contribution in [3.05, 3.63) is 24.3 Å². The molecule has 0 unspecified atom stereocenters. The Balaban J connectivity index is 1.54. The maximum Gasteiger partial charge on any atom is 0.164 e. The molecule has 5 heteroatoms. The fourth-order valence-corrected chi connectivity index (χ4v) is 4.52. The van der Waals surface area contributed by atoms with E-state index in [9.17, 15) is 10.2 Å². The zero-order valence-electron chi connectivity index (χ0n) is 21.7. The highest BCUT2D eigenvalue weighted by atomic mass is 16.5. The van der Waals surface area contributed by atoms with E-state index in [-0.39, 0.29) is 11.5 Å². The molecule has 0 aliphatic heterocycles. The van der Waals surface area contributed by atoms with Crippen LogP contribution in [0.25, 0.3) is 21.9 Å². The molecule has 3 rings (SSSR count). The van der Waals surface area contributed by atoms with E-state index < -0.39 is 0 Å². The largest absolute Gasteiger partial charge is 0.504 e. The van der Waals surface area contributed by atoms with Gasteiger partial charge in [0.2, 0.25) is 0 Å². The Labute approximate surface area is 210 Å². The fraction of sp³-hybridized carbons (Fsp3) is 0.600. The maximum absolute atomic E-state index is 10.5. The predicted octanol–water partition coefficient (Wildman–Crippen LogP) is 9.26. The lowest BCUT2D eigenvalue weighted by atomic mass is 10.1. The van der Waals surface area contributed by atoms with Crippen LogP contribution in [0, 0.1) is 0 Å². The molecule has 0 aliphatic carbocycles. The molecule has 0 saturated carbocycles. The third-order valence-electron chi connectivity index (χ3n) is 6.64. The van der Waals surface area contributed by atoms with Crippen molar-refractivity contribution in [2.75, 3.05) is 13.2 Å². The van der Waals surface area contributed by atoms with Crippen molar-refractivity contribution < 1.29 is 24.1 Å². The Morgan fingerprint density at radius 2 is 0.914 bits per heavy atom. The molecule has 1 heterocycles. The van der Waals surface area contributed by atoms with Crippen molar-refractivity contribution in [1.29, 1.82) is 0 Å². The highest BCUT2D eigenvalue weighted by molar-refractivity contribution is 6.07. The lowest BCUT2D eigenvalue weighted by Gasteiger charge is -2.08. The Kier molecular flexibility index (Phi) is 11.4. The molecule has 35 heavy (non-hydrogen) atoms. The van der Waals surface area contributed by atoms with Gasteiger partial charge in [0.05, 0.1) is 13.2 Å². The van der Waals surface area contributed by atoms with Crippen molar-refractivity contribution in [3.8, 4) is 23.0 Å². The fourth-order valence-electron chi connectivity index (χ4n) is 4.52. The van der Waals surface area contributed by atoms with E-state index in [2.05, 4.69) is 13.8 Å². The number of rotatable bonds is 18. The van der Waals surface area contributed by atoms with Crippen LogP contribution < -0.4 is 9.47 Å². The molecule has 0 radical (unpaired) electrons. The topological polar surface area (TPSA) is 72.1 Å². The summed E-state index contributed by atoms with van der Waals surface area (Å²) >= 11 is 0. The second-order valence-corrected chi connectivity index (χ2v) is 9.67. The SMILES string of the molecule is CCCCCCCCCOc1cc2oc3cc(OCCCCCCCCC)c(O)cc3c2cc1O. The number of furan rings is 1. The van der Waals surface area contributed by atoms with Gasteiger partial charge in [-0.25, -0.2) is 0 Å². The molecule has 0 spiro atoms. The smallest absolute Gasteiger partial charge is 0.164 e. The average Bonchev–Trinajstić information content (AvgIpc) is 3.18. The normalized spacial score (nSPS) is 11.5. The lowest BCUT2D eigenvalue weighted by molar-refractivity contribution is 0.288. The quantitative estimate of drug-likeness (QED) is 0.176. The molecule has 0 aliphatic rings. The molecule has 2 N–H and O–H groups in total. The number of unbranched alkanes of at least 4 members (excludes halogenated alkanes) is 12. The number of aromatic hydroxyl groups is 2. The number of phenols is 2. The zero-order valence-corrected chi connectivity index (χ0v) is 21.7. The van der Waals surface area contributed by atoms with Gasteiger partial charge >= 0.3 is 0 Å². The van der Waals surface area contributed by atoms with Crippen molar-refractivity contribution in [1.82, 2.24) is 0 Å². The van der Waals surface area contributed by atoms with Gasteiger partial charge < -0.3 is 24.1 Å². The lowest BCUT2D eigenvalue weighted by Crippen LogP contribution is -1.97. The second kappa shape index (κ2) is 14.8. The van der Waals surface area contributed by atoms with Crippen molar-refractivity contribution in [2.45, 2.75) is 104 Å². The first kappa shape index (κ1) is 27.0. The van der Waals surface area contributed by atoms with Gasteiger partial charge in [-0.3, -0.25) is 0 Å². The predicted molar refractivity (Wildman–Crippen MR) is 144 cm³/mol. The van der Waals surface area contributed by atoms with Gasteiger partial charge in [0, 0.05) is 22.9 Å². The van der Waals surface area contributed by atoms with Gasteiger partial charge in [-0.1, -0.05) is 90.9 Å². The monoisotopic (exact) mass is 484 g/mol. The summed E-state index contributed by atoms with van der Waals surface area (Å²) in [6.45, 7) is 5.61. The average molecular weight is 485 g/mol. The molecule has 0 atom stereocenters. The number of ether oxygens (including phenoxy) is 2. The number of benzene rings is 2. The van der Waals surface area contributed by atoms with Gasteiger partial charge in [0.25, 0.3) is 0 Å². The molecule has 194 valence electrons. The number of fused-ring (bicyclic) bond motifs is 3. The first-order valence-electron chi connectivity index (χ1n) is 13.8. The summed E-state index contributed by atoms with van der Waals surface area (Å²) in [4.78, 5) is 0. The first-order valence-corrected chi connectivity index (χ1v) is 13.8. The number of hydrogen-bond acceptors (Lipinski definition) is 5. The second-order valence-electron chi connectivity index (χ2n) is 9.67. The summed E-state index contributed by atoms with van der Waals surface area (Å²) in [6.07, 6.45) is 17.0. The molecular weight excluding hydrogens is 440 g/mol. The summed E-state index contributed by atoms with van der Waals surface area (Å²) < 4.78 is 17.7. The van der Waals surface area contributed by atoms with Gasteiger partial charge in [-0.15, -0.1) is 0 Å². The van der Waals surface area contributed by atoms with Crippen molar-refractivity contribution in [2.24, 2.45) is 0 Å². The summed E-state index contributed by atoms with van der Waals surface area (Å²) in [7, 11) is 0. The minimum atomic E-state index is 0.0851. The van der Waals surface area contributed by atoms with Crippen LogP contribution in [-0.4, -0.2) is 23.4 Å². The molecule has 0 bridgehead atoms. The van der Waals surface area contributed by atoms with Gasteiger partial charge in [-0.2, -0.15) is 0 Å². The van der Waals surface area contributed by atoms with Gasteiger partial charge in [0.1, 0.15) is 11.2 Å². The molecule has 3 aromatic rings. The van der Waals surface area contributed by atoms with Crippen LogP contribution >= 0.6 is 0 Å². The minimum Gasteiger partial charge on any atom is -0.504 e. The summed E-state index contributed by atoms with van der Waals surface area (Å²) in [5.74, 6) is 1.04. The molecule has 1 aromatic heterocycles. The summed E-state index contributed by atoms with van der Waals surface area (Å²) in [5.41, 5.74) is 1.24. The summed E-state index contributed by atoms with van der Waals surface area (Å²) in [6, 6.07) is 6.78. The van der Waals surface area contributed by atoms with Crippen LogP contribution in [0.5, 0.6) is 23.0 Å². The van der Waals surface area contributed by atoms with Gasteiger partial charge in [-0.05, 0) is 25.0 Å². The van der Waals surface area contributed by atoms with Crippen LogP contribution in [0.3, 0.4) is 0 Å². The Morgan fingerprint density at radius 3 is 1.31 bits per heavy atom. The highest BCUT2D eigenvalue weighted by Gasteiger charge is 2.15. The maximum atomic E-state index is 10.5. The Hall–Kier alpha value is -2.56. The molecule has 0 saturated heterocycles. The third-order valence-corrected chi connectivity index (χ3v) is 6.64. The van der Waals surface area contributed by atoms with Gasteiger partial charge in [0.15, 0.2) is 23.0 Å². The highest BCUT2D eigenvalue weighted by Crippen LogP contribution is 2.41. The number of phenolic OH excluding ortho intramolecular Hbond substituents is 2. The van der Waals surface area contributed by atoms with E-state index in [0.717, 1.165) is 36.5 Å². The Morgan fingerprint density at radius 1 is 0.543 bits per heavy atom. The van der Waals surface area contributed by atoms with Crippen molar-refractivity contribution >= 4 is 21.9 Å². The van der Waals surface area contributed by atoms with Crippen LogP contribution in [0.15, 0.2) is 28.7 Å². The van der Waals surface area contributed by atoms with Crippen molar-refractivity contribution in [3.63, 3.8) is 0 Å². The molecular formula is C30H44O5. The van der Waals surface area contributed by atoms with E-state index in [1.54, 1.807) is 24.3 Å². The van der Waals surface area contributed by atoms with Crippen LogP contribution in [0.1, 0.15) is 104 Å². The zero-order chi connectivity index (χ0) is 24.9.